The molecule has 0 aliphatic rings. The molecule has 1 nitrogen and oxygen atoms in total. The van der Waals surface area contributed by atoms with Gasteiger partial charge in [-0.25, -0.2) is 0 Å². The first-order chi connectivity index (χ1) is 3.55. The quantitative estimate of drug-likeness (QED) is 0.496. The van der Waals surface area contributed by atoms with Crippen LogP contribution in [0.25, 0.3) is 0 Å². The minimum Gasteiger partial charge on any atom is -0.353 e. The van der Waals surface area contributed by atoms with Crippen molar-refractivity contribution in [2.75, 3.05) is 0 Å². The van der Waals surface area contributed by atoms with Crippen LogP contribution >= 0.6 is 0 Å². The van der Waals surface area contributed by atoms with Crippen molar-refractivity contribution >= 4 is 19.4 Å². The van der Waals surface area contributed by atoms with Crippen molar-refractivity contribution in [3.05, 3.63) is 0 Å². The first-order valence-corrected chi connectivity index (χ1v) is 6.99. The molecule has 0 aromatic rings. The van der Waals surface area contributed by atoms with Crippen LogP contribution in [0.3, 0.4) is 0 Å². The highest BCUT2D eigenvalue weighted by molar-refractivity contribution is 6.58. The van der Waals surface area contributed by atoms with Crippen LogP contribution in [0.1, 0.15) is 13.8 Å². The van der Waals surface area contributed by atoms with E-state index in [1.165, 1.54) is 10.4 Å². The third-order valence-corrected chi connectivity index (χ3v) is 7.99. The Morgan fingerprint density at radius 3 is 1.75 bits per heavy atom. The van der Waals surface area contributed by atoms with Gasteiger partial charge in [0.05, 0.1) is 19.4 Å². The molecule has 0 spiro atoms. The molecule has 0 radical (unpaired) electrons. The Balaban J connectivity index is 3.46. The second-order valence-electron chi connectivity index (χ2n) is 2.85. The Morgan fingerprint density at radius 1 is 1.38 bits per heavy atom. The zero-order chi connectivity index (χ0) is 6.73. The van der Waals surface area contributed by atoms with Crippen LogP contribution in [0, 0.1) is 0 Å². The summed E-state index contributed by atoms with van der Waals surface area (Å²) in [4.78, 5) is 0. The van der Waals surface area contributed by atoms with Crippen molar-refractivity contribution in [2.24, 2.45) is 0 Å². The summed E-state index contributed by atoms with van der Waals surface area (Å²) in [7, 11) is 0.826. The van der Waals surface area contributed by atoms with Crippen molar-refractivity contribution in [1.29, 1.82) is 0 Å². The van der Waals surface area contributed by atoms with E-state index in [4.69, 9.17) is 0 Å². The number of nitrogens with zero attached hydrogens (tertiary/aromatic N) is 1. The predicted molar refractivity (Wildman–Crippen MR) is 45.8 cm³/mol. The average molecular weight is 147 g/mol. The van der Waals surface area contributed by atoms with Crippen LogP contribution in [0.15, 0.2) is 0 Å². The van der Waals surface area contributed by atoms with Crippen molar-refractivity contribution in [3.63, 3.8) is 0 Å². The van der Waals surface area contributed by atoms with E-state index in [9.17, 15) is 0 Å². The second kappa shape index (κ2) is 3.43. The van der Waals surface area contributed by atoms with Crippen molar-refractivity contribution < 1.29 is 0 Å². The second-order valence-corrected chi connectivity index (χ2v) is 7.92. The van der Waals surface area contributed by atoms with Gasteiger partial charge in [0.15, 0.2) is 0 Å². The molecule has 0 bridgehead atoms. The van der Waals surface area contributed by atoms with E-state index in [-0.39, 0.29) is 0 Å². The third-order valence-electron chi connectivity index (χ3n) is 1.63. The molecule has 0 rings (SSSR count). The molecular formula is C5H17NSi2. The third kappa shape index (κ3) is 2.64. The Labute approximate surface area is 57.3 Å². The lowest BCUT2D eigenvalue weighted by Gasteiger charge is -2.24. The van der Waals surface area contributed by atoms with Gasteiger partial charge in [-0.3, -0.25) is 0 Å². The minimum absolute atomic E-state index is 0.427. The lowest BCUT2D eigenvalue weighted by molar-refractivity contribution is 0.550. The standard InChI is InChI=1S/C5H17NSi2/c1-5(2)6(7)8(3)4/h5,8H,1-4,7H3. The van der Waals surface area contributed by atoms with E-state index in [1.54, 1.807) is 0 Å². The van der Waals surface area contributed by atoms with Crippen molar-refractivity contribution in [1.82, 2.24) is 4.23 Å². The lowest BCUT2D eigenvalue weighted by atomic mass is 10.4. The average Bonchev–Trinajstić information content (AvgIpc) is 1.64. The summed E-state index contributed by atoms with van der Waals surface area (Å²) in [5, 5.41) is 0. The van der Waals surface area contributed by atoms with Crippen LogP contribution in [-0.2, 0) is 0 Å². The molecule has 0 N–H and O–H groups in total. The van der Waals surface area contributed by atoms with Crippen LogP contribution in [0.4, 0.5) is 0 Å². The van der Waals surface area contributed by atoms with Gasteiger partial charge in [-0.05, 0) is 6.04 Å². The maximum absolute atomic E-state index is 2.61. The van der Waals surface area contributed by atoms with E-state index in [2.05, 4.69) is 31.2 Å². The largest absolute Gasteiger partial charge is 0.353 e. The fourth-order valence-corrected chi connectivity index (χ4v) is 1.79. The highest BCUT2D eigenvalue weighted by atomic mass is 28.3. The summed E-state index contributed by atoms with van der Waals surface area (Å²) in [5.74, 6) is 0. The van der Waals surface area contributed by atoms with E-state index >= 15 is 0 Å². The Hall–Kier alpha value is 0.394. The summed E-state index contributed by atoms with van der Waals surface area (Å²) < 4.78 is 2.61. The molecule has 0 aliphatic heterocycles. The maximum Gasteiger partial charge on any atom is 0.0978 e. The summed E-state index contributed by atoms with van der Waals surface area (Å²) in [6.07, 6.45) is 0. The van der Waals surface area contributed by atoms with Gasteiger partial charge in [-0.2, -0.15) is 0 Å². The maximum atomic E-state index is 2.61. The molecular weight excluding hydrogens is 130 g/mol. The molecule has 0 unspecified atom stereocenters. The Bertz CT molecular complexity index is 55.4. The molecule has 0 heterocycles. The monoisotopic (exact) mass is 147 g/mol. The smallest absolute Gasteiger partial charge is 0.0978 e. The molecule has 50 valence electrons. The lowest BCUT2D eigenvalue weighted by Crippen LogP contribution is -2.37. The van der Waals surface area contributed by atoms with Gasteiger partial charge >= 0.3 is 0 Å². The number of rotatable bonds is 2. The van der Waals surface area contributed by atoms with Gasteiger partial charge < -0.3 is 4.23 Å². The first kappa shape index (κ1) is 8.39. The SMILES string of the molecule is CC(C)N([SiH3])[SiH](C)C. The summed E-state index contributed by atoms with van der Waals surface area (Å²) in [6.45, 7) is 9.32. The minimum atomic E-state index is -0.427. The van der Waals surface area contributed by atoms with Gasteiger partial charge in [-0.1, -0.05) is 26.9 Å². The molecule has 0 aromatic carbocycles. The van der Waals surface area contributed by atoms with E-state index in [0.717, 1.165) is 6.04 Å². The molecule has 0 atom stereocenters. The molecule has 8 heavy (non-hydrogen) atoms. The van der Waals surface area contributed by atoms with Gasteiger partial charge in [0.2, 0.25) is 0 Å². The normalized spacial score (nSPS) is 12.4. The number of hydrogen-bond donors (Lipinski definition) is 0. The molecule has 0 saturated heterocycles. The number of hydrogen-bond acceptors (Lipinski definition) is 1. The molecule has 3 heteroatoms. The van der Waals surface area contributed by atoms with Gasteiger partial charge in [0.1, 0.15) is 0 Å². The Kier molecular flexibility index (Phi) is 3.59. The highest BCUT2D eigenvalue weighted by Gasteiger charge is 2.05. The van der Waals surface area contributed by atoms with Gasteiger partial charge in [0.25, 0.3) is 0 Å². The molecule has 0 amide bonds. The van der Waals surface area contributed by atoms with Crippen molar-refractivity contribution in [3.8, 4) is 0 Å². The van der Waals surface area contributed by atoms with Crippen molar-refractivity contribution in [2.45, 2.75) is 33.0 Å². The first-order valence-electron chi connectivity index (χ1n) is 3.27. The molecule has 0 saturated carbocycles. The van der Waals surface area contributed by atoms with E-state index in [1.807, 2.05) is 0 Å². The fraction of sp³-hybridized carbons (Fsp3) is 1.00. The molecule has 0 aromatic heterocycles. The van der Waals surface area contributed by atoms with Crippen LogP contribution in [-0.4, -0.2) is 29.6 Å². The molecule has 0 fully saturated rings. The van der Waals surface area contributed by atoms with Gasteiger partial charge in [-0.15, -0.1) is 0 Å². The highest BCUT2D eigenvalue weighted by Crippen LogP contribution is 1.94. The van der Waals surface area contributed by atoms with E-state index in [0.29, 0.717) is 0 Å². The summed E-state index contributed by atoms with van der Waals surface area (Å²) >= 11 is 0. The molecule has 0 aliphatic carbocycles. The predicted octanol–water partition coefficient (Wildman–Crippen LogP) is -0.0394. The van der Waals surface area contributed by atoms with Crippen LogP contribution in [0.2, 0.25) is 13.1 Å². The Morgan fingerprint density at radius 2 is 1.75 bits per heavy atom. The van der Waals surface area contributed by atoms with Crippen LogP contribution in [0.5, 0.6) is 0 Å². The van der Waals surface area contributed by atoms with Gasteiger partial charge in [0, 0.05) is 0 Å². The zero-order valence-electron chi connectivity index (χ0n) is 6.60. The summed E-state index contributed by atoms with van der Waals surface area (Å²) in [5.41, 5.74) is 0. The topological polar surface area (TPSA) is 3.24 Å². The fourth-order valence-electron chi connectivity index (χ4n) is 0.596. The zero-order valence-corrected chi connectivity index (χ0v) is 9.76. The van der Waals surface area contributed by atoms with Crippen LogP contribution < -0.4 is 0 Å². The van der Waals surface area contributed by atoms with E-state index < -0.39 is 8.96 Å². The summed E-state index contributed by atoms with van der Waals surface area (Å²) in [6, 6.07) is 0.799.